The molecule has 2 aromatic rings. The summed E-state index contributed by atoms with van der Waals surface area (Å²) in [4.78, 5) is 0. The largest absolute Gasteiger partial charge is 0.493 e. The molecule has 0 saturated heterocycles. The second kappa shape index (κ2) is 5.81. The third kappa shape index (κ3) is 2.16. The van der Waals surface area contributed by atoms with Crippen molar-refractivity contribution in [2.45, 2.75) is 0 Å². The molecule has 5 heteroatoms. The van der Waals surface area contributed by atoms with Crippen molar-refractivity contribution in [3.63, 3.8) is 0 Å². The fourth-order valence-electron chi connectivity index (χ4n) is 2.52. The van der Waals surface area contributed by atoms with Crippen LogP contribution in [0.3, 0.4) is 0 Å². The van der Waals surface area contributed by atoms with Gasteiger partial charge in [-0.1, -0.05) is 23.7 Å². The third-order valence-corrected chi connectivity index (χ3v) is 3.80. The maximum Gasteiger partial charge on any atom is 0.177 e. The van der Waals surface area contributed by atoms with Crippen molar-refractivity contribution in [2.75, 3.05) is 21.3 Å². The summed E-state index contributed by atoms with van der Waals surface area (Å²) < 4.78 is 22.1. The lowest BCUT2D eigenvalue weighted by atomic mass is 9.94. The summed E-state index contributed by atoms with van der Waals surface area (Å²) >= 11 is 6.07. The van der Waals surface area contributed by atoms with E-state index in [2.05, 4.69) is 0 Å². The van der Waals surface area contributed by atoms with E-state index in [0.29, 0.717) is 28.7 Å². The van der Waals surface area contributed by atoms with Gasteiger partial charge in [-0.15, -0.1) is 0 Å². The first kappa shape index (κ1) is 14.6. The first-order valence-corrected chi connectivity index (χ1v) is 7.09. The Kier molecular flexibility index (Phi) is 3.86. The van der Waals surface area contributed by atoms with Gasteiger partial charge < -0.3 is 18.9 Å². The van der Waals surface area contributed by atoms with Gasteiger partial charge >= 0.3 is 0 Å². The molecule has 0 amide bonds. The van der Waals surface area contributed by atoms with Gasteiger partial charge in [-0.05, 0) is 12.1 Å². The van der Waals surface area contributed by atoms with Gasteiger partial charge in [-0.25, -0.2) is 0 Å². The summed E-state index contributed by atoms with van der Waals surface area (Å²) in [6.45, 7) is 0. The molecule has 0 saturated carbocycles. The molecule has 2 aromatic carbocycles. The van der Waals surface area contributed by atoms with E-state index in [1.165, 1.54) is 5.54 Å². The Labute approximate surface area is 133 Å². The number of para-hydroxylation sites is 1. The van der Waals surface area contributed by atoms with Gasteiger partial charge in [-0.2, -0.15) is 0 Å². The highest BCUT2D eigenvalue weighted by Crippen LogP contribution is 2.50. The standard InChI is InChI=1S/C17H15ClO4/c1-19-13-6-4-5-10-12(9-18)11-7-15(20-2)16(21-3)8-14(11)22-17(10)13/h4-9H,1-3H3/b12-9+. The molecule has 22 heavy (non-hydrogen) atoms. The molecule has 0 bridgehead atoms. The molecule has 0 atom stereocenters. The van der Waals surface area contributed by atoms with E-state index in [1.807, 2.05) is 24.3 Å². The van der Waals surface area contributed by atoms with E-state index in [9.17, 15) is 0 Å². The molecule has 0 aromatic heterocycles. The number of ether oxygens (including phenoxy) is 4. The number of halogens is 1. The molecule has 3 rings (SSSR count). The molecule has 114 valence electrons. The van der Waals surface area contributed by atoms with Crippen molar-refractivity contribution in [2.24, 2.45) is 0 Å². The third-order valence-electron chi connectivity index (χ3n) is 3.59. The van der Waals surface area contributed by atoms with Crippen molar-refractivity contribution in [3.8, 4) is 28.7 Å². The molecule has 0 N–H and O–H groups in total. The average Bonchev–Trinajstić information content (AvgIpc) is 2.57. The SMILES string of the molecule is COc1cc2c(cc1OC)/C(=C/Cl)c1cccc(OC)c1O2. The number of fused-ring (bicyclic) bond motifs is 2. The van der Waals surface area contributed by atoms with Crippen LogP contribution < -0.4 is 18.9 Å². The highest BCUT2D eigenvalue weighted by atomic mass is 35.5. The highest BCUT2D eigenvalue weighted by molar-refractivity contribution is 6.29. The van der Waals surface area contributed by atoms with Crippen LogP contribution in [0.5, 0.6) is 28.7 Å². The highest BCUT2D eigenvalue weighted by Gasteiger charge is 2.26. The van der Waals surface area contributed by atoms with Gasteiger partial charge in [0.15, 0.2) is 23.0 Å². The average molecular weight is 319 g/mol. The minimum absolute atomic E-state index is 0.591. The van der Waals surface area contributed by atoms with Crippen LogP contribution in [0.15, 0.2) is 35.9 Å². The molecule has 1 aliphatic rings. The van der Waals surface area contributed by atoms with Crippen LogP contribution in [0.25, 0.3) is 5.57 Å². The van der Waals surface area contributed by atoms with E-state index in [4.69, 9.17) is 30.5 Å². The van der Waals surface area contributed by atoms with Crippen LogP contribution in [0, 0.1) is 0 Å². The molecular formula is C17H15ClO4. The molecular weight excluding hydrogens is 304 g/mol. The predicted octanol–water partition coefficient (Wildman–Crippen LogP) is 4.45. The molecule has 1 aliphatic heterocycles. The van der Waals surface area contributed by atoms with Gasteiger partial charge in [0.25, 0.3) is 0 Å². The van der Waals surface area contributed by atoms with Gasteiger partial charge in [-0.3, -0.25) is 0 Å². The molecule has 4 nitrogen and oxygen atoms in total. The molecule has 0 radical (unpaired) electrons. The van der Waals surface area contributed by atoms with Crippen LogP contribution in [-0.4, -0.2) is 21.3 Å². The first-order valence-electron chi connectivity index (χ1n) is 6.65. The lowest BCUT2D eigenvalue weighted by Crippen LogP contribution is -2.05. The van der Waals surface area contributed by atoms with Gasteiger partial charge in [0.2, 0.25) is 0 Å². The van der Waals surface area contributed by atoms with E-state index < -0.39 is 0 Å². The maximum absolute atomic E-state index is 6.07. The fraction of sp³-hybridized carbons (Fsp3) is 0.176. The van der Waals surface area contributed by atoms with Gasteiger partial charge in [0.05, 0.1) is 21.3 Å². The molecule has 0 aliphatic carbocycles. The van der Waals surface area contributed by atoms with Crippen LogP contribution >= 0.6 is 11.6 Å². The Morgan fingerprint density at radius 1 is 0.909 bits per heavy atom. The Balaban J connectivity index is 2.24. The zero-order valence-electron chi connectivity index (χ0n) is 12.5. The summed E-state index contributed by atoms with van der Waals surface area (Å²) in [5.74, 6) is 3.13. The van der Waals surface area contributed by atoms with Crippen molar-refractivity contribution in [3.05, 3.63) is 47.0 Å². The first-order chi connectivity index (χ1) is 10.7. The number of benzene rings is 2. The number of rotatable bonds is 3. The molecule has 0 fully saturated rings. The molecule has 0 spiro atoms. The topological polar surface area (TPSA) is 36.9 Å². The number of methoxy groups -OCH3 is 3. The van der Waals surface area contributed by atoms with E-state index in [-0.39, 0.29) is 0 Å². The summed E-state index contributed by atoms with van der Waals surface area (Å²) in [6, 6.07) is 9.31. The lowest BCUT2D eigenvalue weighted by Gasteiger charge is -2.25. The second-order valence-electron chi connectivity index (χ2n) is 4.67. The van der Waals surface area contributed by atoms with E-state index in [0.717, 1.165) is 16.7 Å². The summed E-state index contributed by atoms with van der Waals surface area (Å²) in [5, 5.41) is 0. The summed E-state index contributed by atoms with van der Waals surface area (Å²) in [7, 11) is 4.78. The Morgan fingerprint density at radius 2 is 1.59 bits per heavy atom. The predicted molar refractivity (Wildman–Crippen MR) is 85.5 cm³/mol. The maximum atomic E-state index is 6.07. The zero-order valence-corrected chi connectivity index (χ0v) is 13.2. The van der Waals surface area contributed by atoms with E-state index >= 15 is 0 Å². The second-order valence-corrected chi connectivity index (χ2v) is 4.88. The number of hydrogen-bond donors (Lipinski definition) is 0. The van der Waals surface area contributed by atoms with Gasteiger partial charge in [0, 0.05) is 28.3 Å². The van der Waals surface area contributed by atoms with Crippen LogP contribution in [0.4, 0.5) is 0 Å². The summed E-state index contributed by atoms with van der Waals surface area (Å²) in [6.07, 6.45) is 0. The normalized spacial score (nSPS) is 13.9. The Hall–Kier alpha value is -2.33. The smallest absolute Gasteiger partial charge is 0.177 e. The quantitative estimate of drug-likeness (QED) is 0.715. The molecule has 0 unspecified atom stereocenters. The lowest BCUT2D eigenvalue weighted by molar-refractivity contribution is 0.348. The molecule has 1 heterocycles. The minimum Gasteiger partial charge on any atom is -0.493 e. The van der Waals surface area contributed by atoms with E-state index in [1.54, 1.807) is 27.4 Å². The Morgan fingerprint density at radius 3 is 2.23 bits per heavy atom. The van der Waals surface area contributed by atoms with Crippen LogP contribution in [0.2, 0.25) is 0 Å². The number of hydrogen-bond acceptors (Lipinski definition) is 4. The van der Waals surface area contributed by atoms with Crippen LogP contribution in [0.1, 0.15) is 11.1 Å². The van der Waals surface area contributed by atoms with Crippen molar-refractivity contribution in [1.82, 2.24) is 0 Å². The minimum atomic E-state index is 0.591. The van der Waals surface area contributed by atoms with Crippen molar-refractivity contribution in [1.29, 1.82) is 0 Å². The van der Waals surface area contributed by atoms with Gasteiger partial charge in [0.1, 0.15) is 5.75 Å². The summed E-state index contributed by atoms with van der Waals surface area (Å²) in [5.41, 5.74) is 4.09. The fourth-order valence-corrected chi connectivity index (χ4v) is 2.76. The zero-order chi connectivity index (χ0) is 15.7. The van der Waals surface area contributed by atoms with Crippen molar-refractivity contribution < 1.29 is 18.9 Å². The van der Waals surface area contributed by atoms with Crippen molar-refractivity contribution >= 4 is 17.2 Å². The van der Waals surface area contributed by atoms with Crippen LogP contribution in [-0.2, 0) is 0 Å². The Bertz CT molecular complexity index is 753. The monoisotopic (exact) mass is 318 g/mol.